The van der Waals surface area contributed by atoms with Crippen molar-refractivity contribution in [2.45, 2.75) is 0 Å². The topological polar surface area (TPSA) is 0 Å². The molecule has 3 aromatic rings. The molecule has 0 N–H and O–H groups in total. The first kappa shape index (κ1) is 14.6. The molecule has 0 unspecified atom stereocenters. The van der Waals surface area contributed by atoms with Gasteiger partial charge in [-0.05, 0) is 0 Å². The maximum atomic E-state index is 14.1. The SMILES string of the molecule is Fc1[c]c2c(F)c3c(F)[c]c(F)c(F)c3c(F)c2c(F)c1F. The van der Waals surface area contributed by atoms with Gasteiger partial charge in [-0.25, -0.2) is 35.1 Å². The van der Waals surface area contributed by atoms with E-state index in [1.54, 1.807) is 0 Å². The van der Waals surface area contributed by atoms with Gasteiger partial charge in [0.1, 0.15) is 17.5 Å². The smallest absolute Gasteiger partial charge is 0.195 e. The van der Waals surface area contributed by atoms with E-state index in [1.807, 2.05) is 0 Å². The minimum Gasteiger partial charge on any atom is -0.205 e. The molecule has 0 amide bonds. The minimum absolute atomic E-state index is 1.16. The van der Waals surface area contributed by atoms with Gasteiger partial charge in [0.25, 0.3) is 0 Å². The van der Waals surface area contributed by atoms with Crippen LogP contribution < -0.4 is 0 Å². The number of hydrogen-bond acceptors (Lipinski definition) is 0. The van der Waals surface area contributed by atoms with Crippen LogP contribution in [-0.2, 0) is 0 Å². The number of fused-ring (bicyclic) bond motifs is 2. The monoisotopic (exact) mass is 320 g/mol. The van der Waals surface area contributed by atoms with Crippen LogP contribution in [0.2, 0.25) is 0 Å². The second-order valence-electron chi connectivity index (χ2n) is 4.26. The summed E-state index contributed by atoms with van der Waals surface area (Å²) >= 11 is 0. The van der Waals surface area contributed by atoms with Crippen molar-refractivity contribution in [3.05, 3.63) is 58.7 Å². The summed E-state index contributed by atoms with van der Waals surface area (Å²) in [5.74, 6) is -16.0. The molecular formula is C14F8. The highest BCUT2D eigenvalue weighted by atomic mass is 19.2. The second kappa shape index (κ2) is 4.56. The predicted molar refractivity (Wildman–Crippen MR) is 58.8 cm³/mol. The van der Waals surface area contributed by atoms with Crippen LogP contribution in [0, 0.1) is 58.7 Å². The lowest BCUT2D eigenvalue weighted by Gasteiger charge is -2.10. The molecule has 3 rings (SSSR count). The van der Waals surface area contributed by atoms with E-state index >= 15 is 0 Å². The Balaban J connectivity index is 2.75. The van der Waals surface area contributed by atoms with E-state index in [-0.39, 0.29) is 0 Å². The third kappa shape index (κ3) is 1.69. The van der Waals surface area contributed by atoms with Crippen molar-refractivity contribution in [3.63, 3.8) is 0 Å². The summed E-state index contributed by atoms with van der Waals surface area (Å²) in [6.07, 6.45) is 0. The van der Waals surface area contributed by atoms with Crippen LogP contribution in [0.4, 0.5) is 35.1 Å². The van der Waals surface area contributed by atoms with Gasteiger partial charge in [-0.2, -0.15) is 0 Å². The highest BCUT2D eigenvalue weighted by Crippen LogP contribution is 2.36. The Morgan fingerprint density at radius 1 is 0.409 bits per heavy atom. The minimum atomic E-state index is -2.19. The van der Waals surface area contributed by atoms with Crippen LogP contribution in [0.15, 0.2) is 0 Å². The van der Waals surface area contributed by atoms with Gasteiger partial charge >= 0.3 is 0 Å². The molecule has 0 aromatic heterocycles. The molecular weight excluding hydrogens is 320 g/mol. The average molecular weight is 320 g/mol. The summed E-state index contributed by atoms with van der Waals surface area (Å²) in [4.78, 5) is 0. The van der Waals surface area contributed by atoms with Crippen LogP contribution in [0.1, 0.15) is 0 Å². The molecule has 0 heterocycles. The molecule has 0 nitrogen and oxygen atoms in total. The molecule has 0 bridgehead atoms. The fourth-order valence-corrected chi connectivity index (χ4v) is 2.12. The van der Waals surface area contributed by atoms with Crippen molar-refractivity contribution in [1.29, 1.82) is 0 Å². The van der Waals surface area contributed by atoms with E-state index in [2.05, 4.69) is 0 Å². The Morgan fingerprint density at radius 3 is 1.64 bits per heavy atom. The summed E-state index contributed by atoms with van der Waals surface area (Å²) in [5.41, 5.74) is 0. The Hall–Kier alpha value is -2.38. The maximum absolute atomic E-state index is 14.1. The predicted octanol–water partition coefficient (Wildman–Crippen LogP) is 4.71. The molecule has 0 aliphatic rings. The lowest BCUT2D eigenvalue weighted by molar-refractivity contribution is 0.449. The van der Waals surface area contributed by atoms with Gasteiger partial charge in [0, 0.05) is 11.5 Å². The van der Waals surface area contributed by atoms with E-state index in [0.717, 1.165) is 6.07 Å². The van der Waals surface area contributed by atoms with Gasteiger partial charge in [-0.1, -0.05) is 0 Å². The van der Waals surface area contributed by atoms with Gasteiger partial charge in [0.05, 0.1) is 22.2 Å². The van der Waals surface area contributed by atoms with Crippen molar-refractivity contribution >= 4 is 21.5 Å². The molecule has 2 radical (unpaired) electrons. The van der Waals surface area contributed by atoms with Crippen molar-refractivity contribution in [3.8, 4) is 0 Å². The molecule has 112 valence electrons. The standard InChI is InChI=1S/C14F8/c15-4-2-6(17)11(19)9-8(4)10(18)3-1-5(16)12(20)14(22)7(3)13(9)21. The Labute approximate surface area is 116 Å². The molecule has 22 heavy (non-hydrogen) atoms. The van der Waals surface area contributed by atoms with Crippen molar-refractivity contribution in [1.82, 2.24) is 0 Å². The quantitative estimate of drug-likeness (QED) is 0.244. The Kier molecular flexibility index (Phi) is 3.01. The average Bonchev–Trinajstić information content (AvgIpc) is 2.45. The molecule has 0 saturated heterocycles. The van der Waals surface area contributed by atoms with E-state index < -0.39 is 68.1 Å². The zero-order chi connectivity index (χ0) is 16.3. The maximum Gasteiger partial charge on any atom is 0.195 e. The molecule has 0 aliphatic heterocycles. The number of rotatable bonds is 0. The largest absolute Gasteiger partial charge is 0.205 e. The lowest BCUT2D eigenvalue weighted by Crippen LogP contribution is -2.03. The number of halogens is 8. The van der Waals surface area contributed by atoms with E-state index in [1.165, 1.54) is 6.07 Å². The van der Waals surface area contributed by atoms with E-state index in [4.69, 9.17) is 0 Å². The highest BCUT2D eigenvalue weighted by Gasteiger charge is 2.27. The summed E-state index contributed by atoms with van der Waals surface area (Å²) in [6, 6.07) is 2.53. The first-order valence-electron chi connectivity index (χ1n) is 5.51. The number of benzene rings is 3. The lowest BCUT2D eigenvalue weighted by atomic mass is 10.00. The van der Waals surface area contributed by atoms with Crippen LogP contribution in [-0.4, -0.2) is 0 Å². The van der Waals surface area contributed by atoms with Crippen LogP contribution in [0.5, 0.6) is 0 Å². The summed E-state index contributed by atoms with van der Waals surface area (Å²) in [6.45, 7) is 0. The van der Waals surface area contributed by atoms with Crippen LogP contribution in [0.3, 0.4) is 0 Å². The first-order valence-corrected chi connectivity index (χ1v) is 5.51. The van der Waals surface area contributed by atoms with Crippen molar-refractivity contribution in [2.75, 3.05) is 0 Å². The first-order chi connectivity index (χ1) is 10.3. The highest BCUT2D eigenvalue weighted by molar-refractivity contribution is 6.00. The zero-order valence-corrected chi connectivity index (χ0v) is 10.0. The normalized spacial score (nSPS) is 11.6. The fraction of sp³-hybridized carbons (Fsp3) is 0. The zero-order valence-electron chi connectivity index (χ0n) is 10.0. The molecule has 0 atom stereocenters. The van der Waals surface area contributed by atoms with Crippen molar-refractivity contribution < 1.29 is 35.1 Å². The summed E-state index contributed by atoms with van der Waals surface area (Å²) in [7, 11) is 0. The molecule has 0 spiro atoms. The van der Waals surface area contributed by atoms with Gasteiger partial charge in [0.2, 0.25) is 0 Å². The summed E-state index contributed by atoms with van der Waals surface area (Å²) < 4.78 is 108. The second-order valence-corrected chi connectivity index (χ2v) is 4.26. The fourth-order valence-electron chi connectivity index (χ4n) is 2.12. The molecule has 3 aromatic carbocycles. The third-order valence-corrected chi connectivity index (χ3v) is 3.07. The van der Waals surface area contributed by atoms with Gasteiger partial charge in [-0.15, -0.1) is 0 Å². The van der Waals surface area contributed by atoms with Gasteiger partial charge in [-0.3, -0.25) is 0 Å². The Morgan fingerprint density at radius 2 is 1.00 bits per heavy atom. The van der Waals surface area contributed by atoms with Gasteiger partial charge in [0.15, 0.2) is 29.1 Å². The molecule has 0 fully saturated rings. The third-order valence-electron chi connectivity index (χ3n) is 3.07. The van der Waals surface area contributed by atoms with Crippen molar-refractivity contribution in [2.24, 2.45) is 0 Å². The molecule has 8 heteroatoms. The van der Waals surface area contributed by atoms with Crippen LogP contribution in [0.25, 0.3) is 21.5 Å². The Bertz CT molecular complexity index is 961. The molecule has 0 saturated carbocycles. The van der Waals surface area contributed by atoms with E-state index in [0.29, 0.717) is 0 Å². The van der Waals surface area contributed by atoms with E-state index in [9.17, 15) is 35.1 Å². The van der Waals surface area contributed by atoms with Crippen LogP contribution >= 0.6 is 0 Å². The van der Waals surface area contributed by atoms with Gasteiger partial charge < -0.3 is 0 Å². The summed E-state index contributed by atoms with van der Waals surface area (Å²) in [5, 5.41) is -5.77. The number of hydrogen-bond donors (Lipinski definition) is 0. The molecule has 0 aliphatic carbocycles.